The van der Waals surface area contributed by atoms with Gasteiger partial charge in [0.15, 0.2) is 0 Å². The van der Waals surface area contributed by atoms with Crippen LogP contribution in [0.25, 0.3) is 0 Å². The molecule has 0 spiro atoms. The number of carbonyl (C=O) groups excluding carboxylic acids is 3. The zero-order valence-corrected chi connectivity index (χ0v) is 12.4. The molecule has 0 saturated heterocycles. The van der Waals surface area contributed by atoms with Crippen molar-refractivity contribution in [1.29, 1.82) is 0 Å². The molecule has 1 aromatic rings. The van der Waals surface area contributed by atoms with Crippen molar-refractivity contribution in [3.63, 3.8) is 0 Å². The van der Waals surface area contributed by atoms with Gasteiger partial charge in [0.1, 0.15) is 6.54 Å². The van der Waals surface area contributed by atoms with Gasteiger partial charge in [-0.15, -0.1) is 0 Å². The average molecular weight is 293 g/mol. The van der Waals surface area contributed by atoms with Gasteiger partial charge in [0.2, 0.25) is 0 Å². The van der Waals surface area contributed by atoms with Crippen molar-refractivity contribution in [3.05, 3.63) is 35.4 Å². The van der Waals surface area contributed by atoms with Crippen LogP contribution in [0.4, 0.5) is 0 Å². The molecule has 6 nitrogen and oxygen atoms in total. The fourth-order valence-electron chi connectivity index (χ4n) is 1.78. The molecule has 0 fully saturated rings. The zero-order valence-electron chi connectivity index (χ0n) is 12.4. The maximum atomic E-state index is 12.5. The Morgan fingerprint density at radius 2 is 1.67 bits per heavy atom. The van der Waals surface area contributed by atoms with E-state index >= 15 is 0 Å². The van der Waals surface area contributed by atoms with Gasteiger partial charge >= 0.3 is 11.9 Å². The van der Waals surface area contributed by atoms with E-state index in [0.29, 0.717) is 5.56 Å². The first kappa shape index (κ1) is 16.7. The molecular formula is C15H19NO5. The van der Waals surface area contributed by atoms with Gasteiger partial charge in [0.25, 0.3) is 5.91 Å². The van der Waals surface area contributed by atoms with Gasteiger partial charge in [-0.05, 0) is 18.6 Å². The Kier molecular flexibility index (Phi) is 6.39. The van der Waals surface area contributed by atoms with E-state index < -0.39 is 11.9 Å². The molecule has 0 bridgehead atoms. The van der Waals surface area contributed by atoms with Crippen molar-refractivity contribution in [1.82, 2.24) is 4.90 Å². The number of nitrogens with zero attached hydrogens (tertiary/aromatic N) is 1. The monoisotopic (exact) mass is 293 g/mol. The Bertz CT molecular complexity index is 527. The maximum Gasteiger partial charge on any atom is 0.325 e. The summed E-state index contributed by atoms with van der Waals surface area (Å²) in [5.74, 6) is -1.30. The molecule has 0 aliphatic carbocycles. The predicted molar refractivity (Wildman–Crippen MR) is 75.7 cm³/mol. The SMILES string of the molecule is COC(=O)CCN(CC(=O)OC)C(=O)c1ccccc1C. The summed E-state index contributed by atoms with van der Waals surface area (Å²) in [5, 5.41) is 0. The molecule has 21 heavy (non-hydrogen) atoms. The summed E-state index contributed by atoms with van der Waals surface area (Å²) in [4.78, 5) is 36.4. The van der Waals surface area contributed by atoms with Gasteiger partial charge in [0, 0.05) is 12.1 Å². The topological polar surface area (TPSA) is 72.9 Å². The van der Waals surface area contributed by atoms with Crippen LogP contribution < -0.4 is 0 Å². The predicted octanol–water partition coefficient (Wildman–Crippen LogP) is 1.17. The lowest BCUT2D eigenvalue weighted by Gasteiger charge is -2.21. The molecule has 0 unspecified atom stereocenters. The number of carbonyl (C=O) groups is 3. The molecule has 0 aliphatic rings. The number of amides is 1. The van der Waals surface area contributed by atoms with Crippen LogP contribution >= 0.6 is 0 Å². The van der Waals surface area contributed by atoms with E-state index in [2.05, 4.69) is 9.47 Å². The van der Waals surface area contributed by atoms with Crippen molar-refractivity contribution in [2.24, 2.45) is 0 Å². The third-order valence-electron chi connectivity index (χ3n) is 3.02. The Morgan fingerprint density at radius 1 is 1.05 bits per heavy atom. The second-order valence-corrected chi connectivity index (χ2v) is 4.44. The van der Waals surface area contributed by atoms with E-state index in [1.165, 1.54) is 19.1 Å². The fraction of sp³-hybridized carbons (Fsp3) is 0.400. The number of benzene rings is 1. The van der Waals surface area contributed by atoms with Crippen molar-refractivity contribution in [3.8, 4) is 0 Å². The molecule has 1 amide bonds. The summed E-state index contributed by atoms with van der Waals surface area (Å²) in [6.07, 6.45) is 0.0190. The Morgan fingerprint density at radius 3 is 2.24 bits per heavy atom. The molecule has 0 radical (unpaired) electrons. The lowest BCUT2D eigenvalue weighted by atomic mass is 10.1. The standard InChI is InChI=1S/C15H19NO5/c1-11-6-4-5-7-12(11)15(19)16(10-14(18)21-3)9-8-13(17)20-2/h4-7H,8-10H2,1-3H3. The molecule has 0 N–H and O–H groups in total. The molecule has 0 atom stereocenters. The van der Waals surface area contributed by atoms with Crippen molar-refractivity contribution in [2.45, 2.75) is 13.3 Å². The normalized spacial score (nSPS) is 9.86. The molecule has 0 aromatic heterocycles. The van der Waals surface area contributed by atoms with Gasteiger partial charge in [-0.2, -0.15) is 0 Å². The fourth-order valence-corrected chi connectivity index (χ4v) is 1.78. The van der Waals surface area contributed by atoms with E-state index in [4.69, 9.17) is 0 Å². The summed E-state index contributed by atoms with van der Waals surface area (Å²) in [6, 6.07) is 7.06. The van der Waals surface area contributed by atoms with Crippen molar-refractivity contribution < 1.29 is 23.9 Å². The van der Waals surface area contributed by atoms with Gasteiger partial charge in [-0.25, -0.2) is 0 Å². The highest BCUT2D eigenvalue weighted by Crippen LogP contribution is 2.11. The zero-order chi connectivity index (χ0) is 15.8. The number of esters is 2. The molecule has 0 heterocycles. The number of rotatable bonds is 6. The number of hydrogen-bond acceptors (Lipinski definition) is 5. The summed E-state index contributed by atoms with van der Waals surface area (Å²) >= 11 is 0. The highest BCUT2D eigenvalue weighted by atomic mass is 16.5. The smallest absolute Gasteiger partial charge is 0.325 e. The number of methoxy groups -OCH3 is 2. The number of ether oxygens (including phenoxy) is 2. The van der Waals surface area contributed by atoms with E-state index in [1.807, 2.05) is 19.1 Å². The van der Waals surface area contributed by atoms with Crippen LogP contribution in [0.2, 0.25) is 0 Å². The van der Waals surface area contributed by atoms with Gasteiger partial charge in [-0.1, -0.05) is 18.2 Å². The molecule has 0 aliphatic heterocycles. The third kappa shape index (κ3) is 4.91. The average Bonchev–Trinajstić information content (AvgIpc) is 2.50. The van der Waals surface area contributed by atoms with E-state index in [1.54, 1.807) is 12.1 Å². The number of aryl methyl sites for hydroxylation is 1. The van der Waals surface area contributed by atoms with Crippen LogP contribution in [0.5, 0.6) is 0 Å². The molecule has 1 aromatic carbocycles. The van der Waals surface area contributed by atoms with E-state index in [0.717, 1.165) is 5.56 Å². The highest BCUT2D eigenvalue weighted by molar-refractivity contribution is 5.97. The summed E-state index contributed by atoms with van der Waals surface area (Å²) < 4.78 is 9.13. The lowest BCUT2D eigenvalue weighted by Crippen LogP contribution is -2.38. The lowest BCUT2D eigenvalue weighted by molar-refractivity contribution is -0.143. The number of hydrogen-bond donors (Lipinski definition) is 0. The highest BCUT2D eigenvalue weighted by Gasteiger charge is 2.21. The first-order valence-corrected chi connectivity index (χ1v) is 6.48. The first-order chi connectivity index (χ1) is 9.99. The molecule has 114 valence electrons. The van der Waals surface area contributed by atoms with E-state index in [9.17, 15) is 14.4 Å². The van der Waals surface area contributed by atoms with Crippen molar-refractivity contribution in [2.75, 3.05) is 27.3 Å². The molecule has 1 rings (SSSR count). The minimum absolute atomic E-state index is 0.0190. The summed E-state index contributed by atoms with van der Waals surface area (Å²) in [5.41, 5.74) is 1.29. The van der Waals surface area contributed by atoms with Crippen LogP contribution in [-0.4, -0.2) is 50.1 Å². The van der Waals surface area contributed by atoms with Crippen molar-refractivity contribution >= 4 is 17.8 Å². The molecule has 6 heteroatoms. The second-order valence-electron chi connectivity index (χ2n) is 4.44. The molecule has 0 saturated carbocycles. The van der Waals surface area contributed by atoms with Gasteiger partial charge in [0.05, 0.1) is 20.6 Å². The Hall–Kier alpha value is -2.37. The minimum atomic E-state index is -0.540. The van der Waals surface area contributed by atoms with Crippen LogP contribution in [0.3, 0.4) is 0 Å². The van der Waals surface area contributed by atoms with Gasteiger partial charge in [-0.3, -0.25) is 14.4 Å². The minimum Gasteiger partial charge on any atom is -0.469 e. The van der Waals surface area contributed by atoms with Crippen LogP contribution in [0, 0.1) is 6.92 Å². The largest absolute Gasteiger partial charge is 0.469 e. The van der Waals surface area contributed by atoms with Gasteiger partial charge < -0.3 is 14.4 Å². The maximum absolute atomic E-state index is 12.5. The Labute approximate surface area is 123 Å². The summed E-state index contributed by atoms with van der Waals surface area (Å²) in [6.45, 7) is 1.69. The Balaban J connectivity index is 2.89. The van der Waals surface area contributed by atoms with Crippen LogP contribution in [0.1, 0.15) is 22.3 Å². The first-order valence-electron chi connectivity index (χ1n) is 6.48. The second kappa shape index (κ2) is 8.04. The van der Waals surface area contributed by atoms with Crippen LogP contribution in [0.15, 0.2) is 24.3 Å². The quantitative estimate of drug-likeness (QED) is 0.736. The molecular weight excluding hydrogens is 274 g/mol. The van der Waals surface area contributed by atoms with Crippen LogP contribution in [-0.2, 0) is 19.1 Å². The van der Waals surface area contributed by atoms with E-state index in [-0.39, 0.29) is 25.4 Å². The third-order valence-corrected chi connectivity index (χ3v) is 3.02. The summed E-state index contributed by atoms with van der Waals surface area (Å²) in [7, 11) is 2.52.